The van der Waals surface area contributed by atoms with Crippen LogP contribution in [-0.2, 0) is 9.53 Å². The predicted octanol–water partition coefficient (Wildman–Crippen LogP) is 0.822. The summed E-state index contributed by atoms with van der Waals surface area (Å²) in [7, 11) is 0. The Morgan fingerprint density at radius 3 is 2.72 bits per heavy atom. The molecule has 0 aliphatic carbocycles. The van der Waals surface area contributed by atoms with Crippen LogP contribution >= 0.6 is 0 Å². The van der Waals surface area contributed by atoms with Gasteiger partial charge in [-0.2, -0.15) is 0 Å². The first-order valence-corrected chi connectivity index (χ1v) is 5.69. The van der Waals surface area contributed by atoms with Crippen LogP contribution in [0.5, 0.6) is 0 Å². The normalized spacial score (nSPS) is 19.9. The molecule has 18 heavy (non-hydrogen) atoms. The first-order valence-electron chi connectivity index (χ1n) is 5.69. The van der Waals surface area contributed by atoms with E-state index in [2.05, 4.69) is 0 Å². The van der Waals surface area contributed by atoms with Gasteiger partial charge in [-0.15, -0.1) is 0 Å². The summed E-state index contributed by atoms with van der Waals surface area (Å²) in [6, 6.07) is 1.78. The van der Waals surface area contributed by atoms with Gasteiger partial charge in [0.05, 0.1) is 13.2 Å². The summed E-state index contributed by atoms with van der Waals surface area (Å²) in [5, 5.41) is 8.88. The molecule has 0 spiro atoms. The van der Waals surface area contributed by atoms with Crippen LogP contribution in [0, 0.1) is 13.8 Å². The Balaban J connectivity index is 2.14. The second kappa shape index (κ2) is 4.81. The maximum atomic E-state index is 12.2. The fraction of sp³-hybridized carbons (Fsp3) is 0.500. The average molecular weight is 253 g/mol. The zero-order valence-corrected chi connectivity index (χ0v) is 10.3. The van der Waals surface area contributed by atoms with Gasteiger partial charge in [0.25, 0.3) is 5.91 Å². The summed E-state index contributed by atoms with van der Waals surface area (Å²) < 4.78 is 10.4. The molecule has 0 aromatic carbocycles. The molecule has 1 atom stereocenters. The molecule has 1 aliphatic heterocycles. The molecule has 6 nitrogen and oxygen atoms in total. The van der Waals surface area contributed by atoms with Crippen molar-refractivity contribution < 1.29 is 23.8 Å². The lowest BCUT2D eigenvalue weighted by Crippen LogP contribution is -2.48. The highest BCUT2D eigenvalue weighted by molar-refractivity contribution is 5.93. The molecule has 2 heterocycles. The second-order valence-corrected chi connectivity index (χ2v) is 4.32. The summed E-state index contributed by atoms with van der Waals surface area (Å²) in [5.41, 5.74) is 0.760. The molecule has 1 aromatic rings. The Morgan fingerprint density at radius 2 is 2.17 bits per heavy atom. The van der Waals surface area contributed by atoms with E-state index in [9.17, 15) is 9.59 Å². The number of aryl methyl sites for hydroxylation is 2. The molecular weight excluding hydrogens is 238 g/mol. The smallest absolute Gasteiger partial charge is 0.334 e. The molecule has 0 radical (unpaired) electrons. The Bertz CT molecular complexity index is 479. The van der Waals surface area contributed by atoms with Gasteiger partial charge in [-0.25, -0.2) is 4.79 Å². The van der Waals surface area contributed by atoms with Crippen LogP contribution in [0.1, 0.15) is 21.9 Å². The number of ether oxygens (including phenoxy) is 1. The van der Waals surface area contributed by atoms with E-state index in [-0.39, 0.29) is 24.8 Å². The minimum atomic E-state index is -1.06. The topological polar surface area (TPSA) is 80.0 Å². The molecule has 1 unspecified atom stereocenters. The van der Waals surface area contributed by atoms with Gasteiger partial charge in [0.2, 0.25) is 0 Å². The highest BCUT2D eigenvalue weighted by Gasteiger charge is 2.31. The number of carbonyl (C=O) groups is 2. The van der Waals surface area contributed by atoms with Gasteiger partial charge >= 0.3 is 5.97 Å². The number of hydrogen-bond donors (Lipinski definition) is 1. The number of nitrogens with zero attached hydrogens (tertiary/aromatic N) is 1. The molecule has 1 saturated heterocycles. The Morgan fingerprint density at radius 1 is 1.44 bits per heavy atom. The van der Waals surface area contributed by atoms with Gasteiger partial charge < -0.3 is 19.2 Å². The van der Waals surface area contributed by atoms with Crippen molar-refractivity contribution in [2.75, 3.05) is 19.7 Å². The fourth-order valence-electron chi connectivity index (χ4n) is 1.98. The van der Waals surface area contributed by atoms with E-state index >= 15 is 0 Å². The first-order chi connectivity index (χ1) is 8.49. The largest absolute Gasteiger partial charge is 0.479 e. The van der Waals surface area contributed by atoms with Gasteiger partial charge in [-0.3, -0.25) is 4.79 Å². The van der Waals surface area contributed by atoms with Crippen molar-refractivity contribution in [3.05, 3.63) is 23.2 Å². The Kier molecular flexibility index (Phi) is 3.38. The summed E-state index contributed by atoms with van der Waals surface area (Å²) >= 11 is 0. The van der Waals surface area contributed by atoms with E-state index in [1.165, 1.54) is 4.90 Å². The number of amides is 1. The van der Waals surface area contributed by atoms with Crippen molar-refractivity contribution in [3.63, 3.8) is 0 Å². The third-order valence-corrected chi connectivity index (χ3v) is 2.86. The number of carboxylic acids is 1. The van der Waals surface area contributed by atoms with Crippen molar-refractivity contribution in [3.8, 4) is 0 Å². The van der Waals surface area contributed by atoms with E-state index in [1.807, 2.05) is 0 Å². The third kappa shape index (κ3) is 2.38. The zero-order valence-electron chi connectivity index (χ0n) is 10.3. The maximum Gasteiger partial charge on any atom is 0.334 e. The van der Waals surface area contributed by atoms with E-state index in [1.54, 1.807) is 19.9 Å². The number of carbonyl (C=O) groups excluding carboxylic acids is 1. The minimum Gasteiger partial charge on any atom is -0.479 e. The quantitative estimate of drug-likeness (QED) is 0.844. The molecule has 0 bridgehead atoms. The van der Waals surface area contributed by atoms with Crippen molar-refractivity contribution >= 4 is 11.9 Å². The maximum absolute atomic E-state index is 12.2. The van der Waals surface area contributed by atoms with Crippen molar-refractivity contribution in [1.29, 1.82) is 0 Å². The van der Waals surface area contributed by atoms with Gasteiger partial charge in [0, 0.05) is 12.1 Å². The van der Waals surface area contributed by atoms with Gasteiger partial charge in [0.1, 0.15) is 5.76 Å². The highest BCUT2D eigenvalue weighted by atomic mass is 16.5. The summed E-state index contributed by atoms with van der Waals surface area (Å²) in [4.78, 5) is 24.5. The molecule has 6 heteroatoms. The van der Waals surface area contributed by atoms with Crippen LogP contribution in [0.4, 0.5) is 0 Å². The Labute approximate surface area is 104 Å². The Hall–Kier alpha value is -1.82. The van der Waals surface area contributed by atoms with E-state index in [0.29, 0.717) is 12.3 Å². The fourth-order valence-corrected chi connectivity index (χ4v) is 1.98. The lowest BCUT2D eigenvalue weighted by molar-refractivity contribution is -0.154. The van der Waals surface area contributed by atoms with Crippen LogP contribution in [0.15, 0.2) is 10.5 Å². The van der Waals surface area contributed by atoms with Crippen LogP contribution < -0.4 is 0 Å². The SMILES string of the molecule is Cc1cc(C)c(C(=O)N2CCOC(C(=O)O)C2)o1. The molecule has 1 fully saturated rings. The zero-order chi connectivity index (χ0) is 13.3. The number of morpholine rings is 1. The van der Waals surface area contributed by atoms with Crippen LogP contribution in [-0.4, -0.2) is 47.7 Å². The third-order valence-electron chi connectivity index (χ3n) is 2.86. The molecule has 2 rings (SSSR count). The van der Waals surface area contributed by atoms with E-state index < -0.39 is 12.1 Å². The molecule has 1 N–H and O–H groups in total. The molecular formula is C12H15NO5. The minimum absolute atomic E-state index is 0.0490. The van der Waals surface area contributed by atoms with Gasteiger partial charge in [-0.05, 0) is 19.9 Å². The van der Waals surface area contributed by atoms with E-state index in [0.717, 1.165) is 5.56 Å². The van der Waals surface area contributed by atoms with E-state index in [4.69, 9.17) is 14.3 Å². The molecule has 1 aliphatic rings. The number of aliphatic carboxylic acids is 1. The first kappa shape index (κ1) is 12.6. The van der Waals surface area contributed by atoms with Crippen LogP contribution in [0.2, 0.25) is 0 Å². The second-order valence-electron chi connectivity index (χ2n) is 4.32. The summed E-state index contributed by atoms with van der Waals surface area (Å²) in [6.45, 7) is 4.21. The monoisotopic (exact) mass is 253 g/mol. The number of furan rings is 1. The molecule has 1 amide bonds. The lowest BCUT2D eigenvalue weighted by Gasteiger charge is -2.30. The average Bonchev–Trinajstić information content (AvgIpc) is 2.67. The van der Waals surface area contributed by atoms with Gasteiger partial charge in [0.15, 0.2) is 11.9 Å². The number of carboxylic acid groups (broad SMARTS) is 1. The van der Waals surface area contributed by atoms with Crippen LogP contribution in [0.3, 0.4) is 0 Å². The van der Waals surface area contributed by atoms with Crippen molar-refractivity contribution in [1.82, 2.24) is 4.90 Å². The number of hydrogen-bond acceptors (Lipinski definition) is 4. The van der Waals surface area contributed by atoms with Crippen LogP contribution in [0.25, 0.3) is 0 Å². The van der Waals surface area contributed by atoms with Gasteiger partial charge in [-0.1, -0.05) is 0 Å². The summed E-state index contributed by atoms with van der Waals surface area (Å²) in [5.74, 6) is -0.396. The standard InChI is InChI=1S/C12H15NO5/c1-7-5-8(2)18-10(7)11(14)13-3-4-17-9(6-13)12(15)16/h5,9H,3-4,6H2,1-2H3,(H,15,16). The highest BCUT2D eigenvalue weighted by Crippen LogP contribution is 2.17. The van der Waals surface area contributed by atoms with Crippen molar-refractivity contribution in [2.45, 2.75) is 20.0 Å². The molecule has 1 aromatic heterocycles. The number of rotatable bonds is 2. The lowest BCUT2D eigenvalue weighted by atomic mass is 10.2. The predicted molar refractivity (Wildman–Crippen MR) is 61.5 cm³/mol. The molecule has 98 valence electrons. The van der Waals surface area contributed by atoms with Crippen molar-refractivity contribution in [2.24, 2.45) is 0 Å². The molecule has 0 saturated carbocycles. The summed E-state index contributed by atoms with van der Waals surface area (Å²) in [6.07, 6.45) is -0.959.